The molecule has 0 bridgehead atoms. The average molecular weight is 528 g/mol. The molecule has 1 aliphatic heterocycles. The Hall–Kier alpha value is -4.18. The highest BCUT2D eigenvalue weighted by atomic mass is 32.2. The van der Waals surface area contributed by atoms with E-state index in [1.807, 2.05) is 91.5 Å². The maximum absolute atomic E-state index is 12.9. The first-order chi connectivity index (χ1) is 18.5. The van der Waals surface area contributed by atoms with Gasteiger partial charge in [-0.2, -0.15) is 4.68 Å². The number of thioether (sulfide) groups is 1. The summed E-state index contributed by atoms with van der Waals surface area (Å²) in [5.74, 6) is 0.141. The number of hydrogen-bond acceptors (Lipinski definition) is 7. The molecule has 1 aliphatic rings. The van der Waals surface area contributed by atoms with Gasteiger partial charge in [-0.1, -0.05) is 48.2 Å². The van der Waals surface area contributed by atoms with E-state index in [9.17, 15) is 9.59 Å². The van der Waals surface area contributed by atoms with Gasteiger partial charge in [0.25, 0.3) is 5.91 Å². The first kappa shape index (κ1) is 25.5. The minimum atomic E-state index is -0.134. The van der Waals surface area contributed by atoms with Crippen LogP contribution in [0.15, 0.2) is 78.0 Å². The van der Waals surface area contributed by atoms with Crippen molar-refractivity contribution in [1.29, 1.82) is 0 Å². The van der Waals surface area contributed by atoms with Crippen LogP contribution in [0.2, 0.25) is 0 Å². The summed E-state index contributed by atoms with van der Waals surface area (Å²) in [4.78, 5) is 29.7. The summed E-state index contributed by atoms with van der Waals surface area (Å²) in [7, 11) is 0. The van der Waals surface area contributed by atoms with Crippen molar-refractivity contribution in [3.05, 3.63) is 89.5 Å². The molecule has 0 spiro atoms. The highest BCUT2D eigenvalue weighted by molar-refractivity contribution is 7.99. The molecule has 4 aromatic rings. The predicted molar refractivity (Wildman–Crippen MR) is 149 cm³/mol. The second kappa shape index (κ2) is 11.5. The van der Waals surface area contributed by atoms with Crippen LogP contribution in [0.25, 0.3) is 5.69 Å². The third-order valence-corrected chi connectivity index (χ3v) is 7.49. The highest BCUT2D eigenvalue weighted by Gasteiger charge is 2.23. The van der Waals surface area contributed by atoms with Gasteiger partial charge in [0, 0.05) is 43.1 Å². The average Bonchev–Trinajstić information content (AvgIpc) is 3.41. The van der Waals surface area contributed by atoms with E-state index >= 15 is 0 Å². The van der Waals surface area contributed by atoms with Gasteiger partial charge in [-0.25, -0.2) is 0 Å². The largest absolute Gasteiger partial charge is 0.368 e. The molecule has 3 aromatic carbocycles. The number of carbonyl (C=O) groups excluding carboxylic acids is 2. The molecule has 10 heteroatoms. The molecule has 0 saturated carbocycles. The van der Waals surface area contributed by atoms with Crippen LogP contribution in [-0.2, 0) is 4.79 Å². The number of nitrogens with one attached hydrogen (secondary N) is 1. The molecule has 2 heterocycles. The van der Waals surface area contributed by atoms with Crippen molar-refractivity contribution in [2.75, 3.05) is 42.1 Å². The number of para-hydroxylation sites is 1. The van der Waals surface area contributed by atoms with E-state index in [1.54, 1.807) is 4.68 Å². The SMILES string of the molecule is Cc1ccccc1C(=O)N1CCN(c2ccc(NC(=O)CSc3nnnn3-c3ccccc3C)cc2)CC1. The number of benzene rings is 3. The summed E-state index contributed by atoms with van der Waals surface area (Å²) in [5.41, 5.74) is 5.50. The number of aryl methyl sites for hydroxylation is 2. The Balaban J connectivity index is 1.12. The van der Waals surface area contributed by atoms with Crippen LogP contribution >= 0.6 is 11.8 Å². The van der Waals surface area contributed by atoms with E-state index in [0.717, 1.165) is 46.8 Å². The minimum Gasteiger partial charge on any atom is -0.368 e. The van der Waals surface area contributed by atoms with Crippen LogP contribution in [0, 0.1) is 13.8 Å². The second-order valence-corrected chi connectivity index (χ2v) is 10.1. The standard InChI is InChI=1S/C28H29N7O2S/c1-20-7-3-5-9-24(20)27(37)34-17-15-33(16-18-34)23-13-11-22(12-14-23)29-26(36)19-38-28-30-31-32-35(28)25-10-6-4-8-21(25)2/h3-14H,15-19H2,1-2H3,(H,29,36). The Kier molecular flexibility index (Phi) is 7.69. The number of aromatic nitrogens is 4. The molecule has 9 nitrogen and oxygen atoms in total. The summed E-state index contributed by atoms with van der Waals surface area (Å²) in [6.07, 6.45) is 0. The highest BCUT2D eigenvalue weighted by Crippen LogP contribution is 2.23. The second-order valence-electron chi connectivity index (χ2n) is 9.14. The molecule has 0 radical (unpaired) electrons. The van der Waals surface area contributed by atoms with Crippen molar-refractivity contribution in [3.8, 4) is 5.69 Å². The lowest BCUT2D eigenvalue weighted by molar-refractivity contribution is -0.113. The summed E-state index contributed by atoms with van der Waals surface area (Å²) >= 11 is 1.29. The topological polar surface area (TPSA) is 96.2 Å². The molecule has 5 rings (SSSR count). The number of carbonyl (C=O) groups is 2. The van der Waals surface area contributed by atoms with Gasteiger partial charge in [0.05, 0.1) is 11.4 Å². The Bertz CT molecular complexity index is 1430. The third-order valence-electron chi connectivity index (χ3n) is 6.58. The first-order valence-electron chi connectivity index (χ1n) is 12.5. The molecule has 0 unspecified atom stereocenters. The van der Waals surface area contributed by atoms with Gasteiger partial charge < -0.3 is 15.1 Å². The van der Waals surface area contributed by atoms with Gasteiger partial charge in [-0.15, -0.1) is 5.10 Å². The van der Waals surface area contributed by atoms with Crippen LogP contribution in [0.5, 0.6) is 0 Å². The normalized spacial score (nSPS) is 13.4. The summed E-state index contributed by atoms with van der Waals surface area (Å²) < 4.78 is 1.65. The molecule has 1 fully saturated rings. The first-order valence-corrected chi connectivity index (χ1v) is 13.4. The van der Waals surface area contributed by atoms with Crippen molar-refractivity contribution < 1.29 is 9.59 Å². The van der Waals surface area contributed by atoms with E-state index in [4.69, 9.17) is 0 Å². The fraction of sp³-hybridized carbons (Fsp3) is 0.250. The number of amides is 2. The van der Waals surface area contributed by atoms with Crippen LogP contribution in [0.1, 0.15) is 21.5 Å². The smallest absolute Gasteiger partial charge is 0.254 e. The maximum atomic E-state index is 12.9. The lowest BCUT2D eigenvalue weighted by atomic mass is 10.1. The zero-order valence-corrected chi connectivity index (χ0v) is 22.2. The zero-order chi connectivity index (χ0) is 26.5. The fourth-order valence-electron chi connectivity index (χ4n) is 4.45. The minimum absolute atomic E-state index is 0.0895. The van der Waals surface area contributed by atoms with Gasteiger partial charge in [-0.05, 0) is 71.8 Å². The lowest BCUT2D eigenvalue weighted by Gasteiger charge is -2.36. The number of tetrazole rings is 1. The van der Waals surface area contributed by atoms with Crippen molar-refractivity contribution in [3.63, 3.8) is 0 Å². The summed E-state index contributed by atoms with van der Waals surface area (Å²) in [5, 5.41) is 15.4. The summed E-state index contributed by atoms with van der Waals surface area (Å²) in [6, 6.07) is 23.4. The Morgan fingerprint density at radius 3 is 2.26 bits per heavy atom. The van der Waals surface area contributed by atoms with Gasteiger partial charge in [0.2, 0.25) is 11.1 Å². The number of nitrogens with zero attached hydrogens (tertiary/aromatic N) is 6. The van der Waals surface area contributed by atoms with Gasteiger partial charge in [0.1, 0.15) is 0 Å². The fourth-order valence-corrected chi connectivity index (χ4v) is 5.14. The third kappa shape index (κ3) is 5.70. The number of rotatable bonds is 7. The van der Waals surface area contributed by atoms with Crippen molar-refractivity contribution in [2.45, 2.75) is 19.0 Å². The van der Waals surface area contributed by atoms with E-state index in [1.165, 1.54) is 11.8 Å². The predicted octanol–water partition coefficient (Wildman–Crippen LogP) is 3.97. The molecule has 1 N–H and O–H groups in total. The van der Waals surface area contributed by atoms with Crippen LogP contribution < -0.4 is 10.2 Å². The van der Waals surface area contributed by atoms with Gasteiger partial charge in [0.15, 0.2) is 0 Å². The monoisotopic (exact) mass is 527 g/mol. The summed E-state index contributed by atoms with van der Waals surface area (Å²) in [6.45, 7) is 6.82. The Morgan fingerprint density at radius 2 is 1.55 bits per heavy atom. The molecular formula is C28H29N7O2S. The van der Waals surface area contributed by atoms with Crippen molar-refractivity contribution in [1.82, 2.24) is 25.1 Å². The number of hydrogen-bond donors (Lipinski definition) is 1. The van der Waals surface area contributed by atoms with E-state index in [0.29, 0.717) is 18.2 Å². The number of anilines is 2. The van der Waals surface area contributed by atoms with Crippen LogP contribution in [0.3, 0.4) is 0 Å². The molecule has 1 saturated heterocycles. The van der Waals surface area contributed by atoms with Crippen LogP contribution in [-0.4, -0.2) is 68.9 Å². The molecule has 38 heavy (non-hydrogen) atoms. The van der Waals surface area contributed by atoms with Crippen LogP contribution in [0.4, 0.5) is 11.4 Å². The molecule has 1 aromatic heterocycles. The van der Waals surface area contributed by atoms with Gasteiger partial charge in [-0.3, -0.25) is 9.59 Å². The zero-order valence-electron chi connectivity index (χ0n) is 21.4. The molecule has 0 aliphatic carbocycles. The number of piperazine rings is 1. The quantitative estimate of drug-likeness (QED) is 0.363. The lowest BCUT2D eigenvalue weighted by Crippen LogP contribution is -2.48. The van der Waals surface area contributed by atoms with E-state index in [2.05, 4.69) is 25.7 Å². The van der Waals surface area contributed by atoms with Crippen molar-refractivity contribution >= 4 is 35.0 Å². The molecule has 0 atom stereocenters. The Labute approximate surface area is 225 Å². The molecular weight excluding hydrogens is 498 g/mol. The maximum Gasteiger partial charge on any atom is 0.254 e. The van der Waals surface area contributed by atoms with E-state index in [-0.39, 0.29) is 17.6 Å². The Morgan fingerprint density at radius 1 is 0.868 bits per heavy atom. The molecule has 194 valence electrons. The van der Waals surface area contributed by atoms with E-state index < -0.39 is 0 Å². The van der Waals surface area contributed by atoms with Gasteiger partial charge >= 0.3 is 0 Å². The van der Waals surface area contributed by atoms with Crippen molar-refractivity contribution in [2.24, 2.45) is 0 Å². The molecule has 2 amide bonds.